The van der Waals surface area contributed by atoms with Crippen LogP contribution in [0.4, 0.5) is 0 Å². The van der Waals surface area contributed by atoms with Gasteiger partial charge in [0.25, 0.3) is 0 Å². The van der Waals surface area contributed by atoms with E-state index in [2.05, 4.69) is 305 Å². The highest BCUT2D eigenvalue weighted by molar-refractivity contribution is 7.99. The number of benzene rings is 2. The first-order valence-electron chi connectivity index (χ1n) is 46.6. The van der Waals surface area contributed by atoms with Crippen molar-refractivity contribution in [3.05, 3.63) is 336 Å². The smallest absolute Gasteiger partial charge is 0.316 e. The Morgan fingerprint density at radius 1 is 0.350 bits per heavy atom. The molecule has 140 heavy (non-hydrogen) atoms. The van der Waals surface area contributed by atoms with Gasteiger partial charge in [-0.3, -0.25) is 34.9 Å². The van der Waals surface area contributed by atoms with Crippen LogP contribution in [0, 0.1) is 39.5 Å². The largest absolute Gasteiger partial charge is 0.463 e. The highest BCUT2D eigenvalue weighted by Gasteiger charge is 2.00. The summed E-state index contributed by atoms with van der Waals surface area (Å²) in [5.74, 6) is 2.96. The summed E-state index contributed by atoms with van der Waals surface area (Å²) in [5.41, 5.74) is 14.0. The van der Waals surface area contributed by atoms with Gasteiger partial charge < -0.3 is 4.74 Å². The lowest BCUT2D eigenvalue weighted by Gasteiger charge is -2.04. The third-order valence-corrected chi connectivity index (χ3v) is 18.5. The second-order valence-electron chi connectivity index (χ2n) is 27.9. The van der Waals surface area contributed by atoms with Crippen LogP contribution in [0.15, 0.2) is 294 Å². The molecule has 778 valence electrons. The molecule has 0 radical (unpaired) electrons. The van der Waals surface area contributed by atoms with E-state index >= 15 is 0 Å². The summed E-state index contributed by atoms with van der Waals surface area (Å²) in [4.78, 5) is 58.8. The van der Waals surface area contributed by atoms with Crippen molar-refractivity contribution >= 4 is 138 Å². The fourth-order valence-corrected chi connectivity index (χ4v) is 10.7. The molecule has 0 N–H and O–H groups in total. The monoisotopic (exact) mass is 2140 g/mol. The van der Waals surface area contributed by atoms with E-state index in [4.69, 9.17) is 4.74 Å². The number of aromatic nitrogens is 21. The number of thiazole rings is 5. The third-order valence-electron chi connectivity index (χ3n) is 11.7. The van der Waals surface area contributed by atoms with Crippen molar-refractivity contribution in [2.75, 3.05) is 49.9 Å². The molecule has 16 rings (SSSR count). The molecule has 2 aromatic carbocycles. The Labute approximate surface area is 897 Å². The predicted molar refractivity (Wildman–Crippen MR) is 630 cm³/mol. The lowest BCUT2D eigenvalue weighted by molar-refractivity contribution is 0.251. The first kappa shape index (κ1) is 149. The highest BCUT2D eigenvalue weighted by atomic mass is 32.2. The van der Waals surface area contributed by atoms with E-state index in [1.54, 1.807) is 260 Å². The van der Waals surface area contributed by atoms with Crippen LogP contribution in [0.3, 0.4) is 0 Å². The van der Waals surface area contributed by atoms with Gasteiger partial charge in [0.1, 0.15) is 33.2 Å². The van der Waals surface area contributed by atoms with Gasteiger partial charge in [-0.1, -0.05) is 275 Å². The summed E-state index contributed by atoms with van der Waals surface area (Å²) in [6.07, 6.45) is 56.5. The standard InChI is InChI=1S/C9H12.C8H12N2O.C8H12N2S.C8H10.C5H8N2S.2C5H5N.2C4H6N2S.2C4H4N2.3C4H5NS.2C3H3NS.6C3H8.3C2H6S/c1-8(2)9-6-4-3-5-7-9;2*1-7(2)6-11-8-9-4-3-5-10-8;1-2-8-6-4-3-5-7-8;1-3-5-7-6-4(2)8-5;2*1-2-4-6-5-3-1;1-2-4-6-5-3-7-4;1-2-4-3-5-7-6-4;2*1-2-5-4-6-3-1;1-4-2-6-3-5-4;1-4-2-5-3-6-4;1-4-5-2-3-6-4;2*1-2-5-3-4-1;9*1-3-2/h3-8H,1-2H3;2*3-5,7H,6H2,1-2H3;3-7H,2H2,1H3;3H2,1-2H3;2*1-5H;2*3H,2H2,1H3;2*1-4H;3*2-3H,1H3;2*1-3H;6*3H2,1-2H3;3*1-2H3. The Bertz CT molecular complexity index is 4000. The molecule has 16 aromatic rings. The Balaban J connectivity index is -0.000000184. The van der Waals surface area contributed by atoms with Crippen LogP contribution in [0.25, 0.3) is 0 Å². The minimum atomic E-state index is 0.459. The van der Waals surface area contributed by atoms with Crippen molar-refractivity contribution in [2.24, 2.45) is 11.8 Å². The van der Waals surface area contributed by atoms with Crippen LogP contribution in [0.2, 0.25) is 0 Å². The summed E-state index contributed by atoms with van der Waals surface area (Å²) >= 11 is 19.7. The average Bonchev–Trinajstić information content (AvgIpc) is 1.58. The van der Waals surface area contributed by atoms with E-state index in [0.717, 1.165) is 68.0 Å². The number of aryl methyl sites for hydroxylation is 8. The maximum absolute atomic E-state index is 5.25. The van der Waals surface area contributed by atoms with Gasteiger partial charge in [-0.05, 0) is 168 Å². The molecule has 0 spiro atoms. The maximum Gasteiger partial charge on any atom is 0.316 e. The van der Waals surface area contributed by atoms with Crippen LogP contribution in [0.1, 0.15) is 244 Å². The van der Waals surface area contributed by atoms with E-state index < -0.39 is 0 Å². The van der Waals surface area contributed by atoms with Crippen molar-refractivity contribution < 1.29 is 4.74 Å². The molecule has 22 nitrogen and oxygen atoms in total. The number of hydrogen-bond donors (Lipinski definition) is 0. The number of hydrogen-bond acceptors (Lipinski definition) is 34. The highest BCUT2D eigenvalue weighted by Crippen LogP contribution is 2.15. The molecule has 0 saturated carbocycles. The Morgan fingerprint density at radius 3 is 0.993 bits per heavy atom. The lowest BCUT2D eigenvalue weighted by Crippen LogP contribution is -2.06. The minimum absolute atomic E-state index is 0.459. The van der Waals surface area contributed by atoms with E-state index in [0.29, 0.717) is 30.4 Å². The fraction of sp³-hybridized carbons (Fsp3) is 0.443. The van der Waals surface area contributed by atoms with Crippen molar-refractivity contribution in [3.8, 4) is 6.01 Å². The average molecular weight is 2140 g/mol. The van der Waals surface area contributed by atoms with Gasteiger partial charge in [0.15, 0.2) is 5.16 Å². The zero-order chi connectivity index (χ0) is 107. The summed E-state index contributed by atoms with van der Waals surface area (Å²) in [5, 5.41) is 28.4. The van der Waals surface area contributed by atoms with E-state index in [-0.39, 0.29) is 0 Å². The topological polar surface area (TPSA) is 280 Å². The molecular formula is C106H171N21OS12. The van der Waals surface area contributed by atoms with Crippen LogP contribution >= 0.6 is 138 Å². The molecule has 0 aliphatic carbocycles. The lowest BCUT2D eigenvalue weighted by atomic mass is 10.0. The molecule has 14 heterocycles. The SMILES string of the molecule is CC(C)COc1ncccn1.CC(C)CSc1ncccn1.CC(C)c1ccccc1.CCC.CCC.CCC.CCC.CCC.CCC.CCc1ccccc1.CCc1cnsn1.CCc1nnc(C)s1.CCc1nncs1.CSC.CSC.CSC.Cc1cncs1.Cc1cscn1.Cc1nccs1.c1ccncc1.c1ccncc1.c1cncnc1.c1cncnc1.c1cscn1.c1cscn1. The Hall–Kier alpha value is -8.91. The van der Waals surface area contributed by atoms with Gasteiger partial charge in [0.2, 0.25) is 0 Å². The molecule has 0 aliphatic heterocycles. The second-order valence-corrected chi connectivity index (χ2v) is 38.4. The summed E-state index contributed by atoms with van der Waals surface area (Å²) in [7, 11) is 0. The van der Waals surface area contributed by atoms with E-state index in [1.165, 1.54) is 78.9 Å². The van der Waals surface area contributed by atoms with Crippen LogP contribution in [0.5, 0.6) is 6.01 Å². The predicted octanol–water partition coefficient (Wildman–Crippen LogP) is 33.6. The summed E-state index contributed by atoms with van der Waals surface area (Å²) in [6.45, 7) is 55.5. The van der Waals surface area contributed by atoms with Gasteiger partial charge in [-0.2, -0.15) is 44.0 Å². The van der Waals surface area contributed by atoms with Crippen molar-refractivity contribution in [1.29, 1.82) is 0 Å². The zero-order valence-corrected chi connectivity index (χ0v) is 99.9. The number of rotatable bonds is 11. The third kappa shape index (κ3) is 140. The van der Waals surface area contributed by atoms with Crippen LogP contribution < -0.4 is 4.74 Å². The number of thioether (sulfide) groups is 4. The normalized spacial score (nSPS) is 8.51. The van der Waals surface area contributed by atoms with E-state index in [9.17, 15) is 0 Å². The van der Waals surface area contributed by atoms with Gasteiger partial charge in [0.05, 0.1) is 57.3 Å². The van der Waals surface area contributed by atoms with Crippen LogP contribution in [-0.2, 0) is 25.7 Å². The zero-order valence-electron chi connectivity index (χ0n) is 90.1. The van der Waals surface area contributed by atoms with Crippen LogP contribution in [-0.4, -0.2) is 154 Å². The molecule has 14 aromatic heterocycles. The van der Waals surface area contributed by atoms with Gasteiger partial charge in [0, 0.05) is 137 Å². The molecule has 0 saturated heterocycles. The molecule has 0 unspecified atom stereocenters. The molecular weight excluding hydrogens is 1970 g/mol. The maximum atomic E-state index is 5.25. The number of nitrogens with zero attached hydrogens (tertiary/aromatic N) is 21. The Morgan fingerprint density at radius 2 is 0.793 bits per heavy atom. The van der Waals surface area contributed by atoms with Crippen molar-refractivity contribution in [3.63, 3.8) is 0 Å². The summed E-state index contributed by atoms with van der Waals surface area (Å²) < 4.78 is 13.0. The first-order chi connectivity index (χ1) is 67.9. The van der Waals surface area contributed by atoms with E-state index in [1.807, 2.05) is 159 Å². The first-order valence-corrected chi connectivity index (χ1v) is 59.5. The van der Waals surface area contributed by atoms with Gasteiger partial charge in [-0.15, -0.1) is 99.8 Å². The fourth-order valence-electron chi connectivity index (χ4n) is 6.25. The molecule has 0 fully saturated rings. The molecule has 0 bridgehead atoms. The summed E-state index contributed by atoms with van der Waals surface area (Å²) in [6, 6.07) is 40.0. The quantitative estimate of drug-likeness (QED) is 0.0859. The number of ether oxygens (including phenoxy) is 1. The molecule has 34 heteroatoms. The molecule has 0 amide bonds. The Kier molecular flexibility index (Phi) is 143. The number of pyridine rings is 2. The minimum Gasteiger partial charge on any atom is -0.463 e. The molecule has 0 atom stereocenters. The van der Waals surface area contributed by atoms with Gasteiger partial charge in [-0.25, -0.2) is 39.9 Å². The van der Waals surface area contributed by atoms with Crippen molar-refractivity contribution in [1.82, 2.24) is 104 Å². The van der Waals surface area contributed by atoms with Gasteiger partial charge >= 0.3 is 6.01 Å². The van der Waals surface area contributed by atoms with Crippen molar-refractivity contribution in [2.45, 2.75) is 255 Å². The second kappa shape index (κ2) is 134. The molecule has 0 aliphatic rings.